The van der Waals surface area contributed by atoms with Crippen molar-refractivity contribution in [1.82, 2.24) is 19.9 Å². The summed E-state index contributed by atoms with van der Waals surface area (Å²) in [5.41, 5.74) is 11.5. The molecule has 0 aromatic carbocycles. The minimum absolute atomic E-state index is 0.0591. The van der Waals surface area contributed by atoms with Crippen LogP contribution in [0.4, 0.5) is 17.3 Å². The number of hydrogen-bond acceptors (Lipinski definition) is 8. The number of carbonyl (C=O) groups is 3. The van der Waals surface area contributed by atoms with Crippen LogP contribution in [0.5, 0.6) is 0 Å². The molecule has 6 N–H and O–H groups in total. The number of aromatic nitrogens is 3. The fraction of sp³-hybridized carbons (Fsp3) is 0.381. The SMILES string of the molecule is [C-]#[N+]C1CN(C(=O)c2ccc(Nc3nc(N[C@H](CC(C)C)C(N)=O)cnc3C(N)=O)cn2)C1. The number of carbonyl (C=O) groups excluding carboxylic acids is 3. The van der Waals surface area contributed by atoms with Crippen molar-refractivity contribution in [3.05, 3.63) is 47.3 Å². The first-order valence-corrected chi connectivity index (χ1v) is 10.3. The molecule has 3 heterocycles. The van der Waals surface area contributed by atoms with Gasteiger partial charge in [0.2, 0.25) is 5.91 Å². The summed E-state index contributed by atoms with van der Waals surface area (Å²) in [6.45, 7) is 11.7. The van der Waals surface area contributed by atoms with Gasteiger partial charge in [0.1, 0.15) is 17.6 Å². The molecule has 1 fully saturated rings. The summed E-state index contributed by atoms with van der Waals surface area (Å²) in [6, 6.07) is 2.31. The number of nitrogens with one attached hydrogen (secondary N) is 2. The Morgan fingerprint density at radius 2 is 1.94 bits per heavy atom. The third-order valence-electron chi connectivity index (χ3n) is 4.96. The van der Waals surface area contributed by atoms with Gasteiger partial charge in [-0.2, -0.15) is 0 Å². The van der Waals surface area contributed by atoms with Crippen molar-refractivity contribution < 1.29 is 14.4 Å². The van der Waals surface area contributed by atoms with Crippen molar-refractivity contribution in [3.63, 3.8) is 0 Å². The molecule has 0 radical (unpaired) electrons. The van der Waals surface area contributed by atoms with E-state index in [4.69, 9.17) is 18.0 Å². The summed E-state index contributed by atoms with van der Waals surface area (Å²) >= 11 is 0. The van der Waals surface area contributed by atoms with Gasteiger partial charge >= 0.3 is 0 Å². The van der Waals surface area contributed by atoms with Crippen LogP contribution in [0.25, 0.3) is 4.85 Å². The molecule has 12 nitrogen and oxygen atoms in total. The van der Waals surface area contributed by atoms with E-state index in [2.05, 4.69) is 30.4 Å². The maximum absolute atomic E-state index is 12.4. The Morgan fingerprint density at radius 3 is 2.48 bits per heavy atom. The predicted molar refractivity (Wildman–Crippen MR) is 120 cm³/mol. The normalized spacial score (nSPS) is 14.2. The first-order chi connectivity index (χ1) is 15.7. The lowest BCUT2D eigenvalue weighted by Gasteiger charge is -2.31. The van der Waals surface area contributed by atoms with E-state index in [1.165, 1.54) is 18.5 Å². The van der Waals surface area contributed by atoms with E-state index in [9.17, 15) is 14.4 Å². The third kappa shape index (κ3) is 5.70. The molecule has 1 atom stereocenters. The van der Waals surface area contributed by atoms with Gasteiger partial charge in [-0.1, -0.05) is 13.8 Å². The Balaban J connectivity index is 1.77. The number of pyridine rings is 1. The van der Waals surface area contributed by atoms with Crippen LogP contribution in [0.1, 0.15) is 41.2 Å². The zero-order chi connectivity index (χ0) is 24.1. The number of primary amides is 2. The van der Waals surface area contributed by atoms with Crippen LogP contribution in [0.2, 0.25) is 0 Å². The fourth-order valence-electron chi connectivity index (χ4n) is 3.22. The summed E-state index contributed by atoms with van der Waals surface area (Å²) < 4.78 is 0. The molecule has 1 aliphatic heterocycles. The molecule has 0 aliphatic carbocycles. The number of anilines is 3. The van der Waals surface area contributed by atoms with Crippen LogP contribution in [-0.4, -0.2) is 62.7 Å². The first kappa shape index (κ1) is 23.4. The van der Waals surface area contributed by atoms with Gasteiger partial charge in [0.05, 0.1) is 31.2 Å². The zero-order valence-electron chi connectivity index (χ0n) is 18.3. The quantitative estimate of drug-likeness (QED) is 0.404. The van der Waals surface area contributed by atoms with E-state index in [0.717, 1.165) is 0 Å². The highest BCUT2D eigenvalue weighted by atomic mass is 16.2. The number of rotatable bonds is 9. The van der Waals surface area contributed by atoms with Crippen LogP contribution in [-0.2, 0) is 4.79 Å². The van der Waals surface area contributed by atoms with Crippen molar-refractivity contribution in [1.29, 1.82) is 0 Å². The molecular weight excluding hydrogens is 426 g/mol. The molecule has 0 bridgehead atoms. The van der Waals surface area contributed by atoms with E-state index >= 15 is 0 Å². The van der Waals surface area contributed by atoms with E-state index in [0.29, 0.717) is 25.2 Å². The Kier molecular flexibility index (Phi) is 7.02. The molecule has 0 unspecified atom stereocenters. The Bertz CT molecular complexity index is 1090. The van der Waals surface area contributed by atoms with Gasteiger partial charge in [-0.15, -0.1) is 0 Å². The monoisotopic (exact) mass is 451 g/mol. The molecule has 3 amide bonds. The molecule has 172 valence electrons. The average molecular weight is 451 g/mol. The lowest BCUT2D eigenvalue weighted by molar-refractivity contribution is -0.119. The Hall–Kier alpha value is -4.27. The number of hydrogen-bond donors (Lipinski definition) is 4. The van der Waals surface area contributed by atoms with E-state index in [1.54, 1.807) is 11.0 Å². The average Bonchev–Trinajstić information content (AvgIpc) is 2.72. The summed E-state index contributed by atoms with van der Waals surface area (Å²) in [4.78, 5) is 53.4. The number of amides is 3. The molecule has 1 saturated heterocycles. The van der Waals surface area contributed by atoms with Crippen LogP contribution >= 0.6 is 0 Å². The van der Waals surface area contributed by atoms with Crippen molar-refractivity contribution in [2.75, 3.05) is 23.7 Å². The topological polar surface area (TPSA) is 174 Å². The van der Waals surface area contributed by atoms with Gasteiger partial charge < -0.3 is 31.8 Å². The van der Waals surface area contributed by atoms with Gasteiger partial charge in [0, 0.05) is 0 Å². The minimum Gasteiger partial charge on any atom is -0.368 e. The molecule has 33 heavy (non-hydrogen) atoms. The summed E-state index contributed by atoms with van der Waals surface area (Å²) in [7, 11) is 0. The zero-order valence-corrected chi connectivity index (χ0v) is 18.3. The van der Waals surface area contributed by atoms with Crippen molar-refractivity contribution in [2.24, 2.45) is 17.4 Å². The number of nitrogens with two attached hydrogens (primary N) is 2. The van der Waals surface area contributed by atoms with E-state index < -0.39 is 17.9 Å². The van der Waals surface area contributed by atoms with Crippen LogP contribution in [0.3, 0.4) is 0 Å². The molecule has 0 saturated carbocycles. The molecule has 1 aliphatic rings. The Labute approximate surface area is 190 Å². The lowest BCUT2D eigenvalue weighted by Crippen LogP contribution is -2.52. The Morgan fingerprint density at radius 1 is 1.21 bits per heavy atom. The second-order valence-corrected chi connectivity index (χ2v) is 8.10. The van der Waals surface area contributed by atoms with Gasteiger partial charge in [0.15, 0.2) is 11.5 Å². The first-order valence-electron chi connectivity index (χ1n) is 10.3. The fourth-order valence-corrected chi connectivity index (χ4v) is 3.22. The van der Waals surface area contributed by atoms with Gasteiger partial charge in [-0.05, 0) is 24.5 Å². The molecule has 12 heteroatoms. The van der Waals surface area contributed by atoms with Crippen LogP contribution in [0, 0.1) is 12.5 Å². The van der Waals surface area contributed by atoms with Crippen LogP contribution in [0.15, 0.2) is 24.5 Å². The van der Waals surface area contributed by atoms with Gasteiger partial charge in [-0.3, -0.25) is 14.4 Å². The molecule has 3 rings (SSSR count). The van der Waals surface area contributed by atoms with Gasteiger partial charge in [-0.25, -0.2) is 21.5 Å². The highest BCUT2D eigenvalue weighted by Gasteiger charge is 2.36. The van der Waals surface area contributed by atoms with E-state index in [-0.39, 0.29) is 40.9 Å². The minimum atomic E-state index is -0.794. The summed E-state index contributed by atoms with van der Waals surface area (Å²) in [5, 5.41) is 5.85. The summed E-state index contributed by atoms with van der Waals surface area (Å²) in [5.74, 6) is -1.08. The summed E-state index contributed by atoms with van der Waals surface area (Å²) in [6.07, 6.45) is 3.20. The molecule has 0 spiro atoms. The number of likely N-dealkylation sites (tertiary alicyclic amines) is 1. The maximum Gasteiger partial charge on any atom is 0.272 e. The molecular formula is C21H25N9O3. The predicted octanol–water partition coefficient (Wildman–Crippen LogP) is 0.770. The highest BCUT2D eigenvalue weighted by Crippen LogP contribution is 2.21. The van der Waals surface area contributed by atoms with Crippen molar-refractivity contribution in [3.8, 4) is 0 Å². The van der Waals surface area contributed by atoms with E-state index in [1.807, 2.05) is 13.8 Å². The lowest BCUT2D eigenvalue weighted by atomic mass is 10.0. The third-order valence-corrected chi connectivity index (χ3v) is 4.96. The standard InChI is InChI=1S/C21H25N9O3/c1-11(2)6-15(18(22)31)28-16-8-26-17(19(23)32)20(29-16)27-12-4-5-14(25-7-12)21(33)30-9-13(10-30)24-3/h4-5,7-8,11,13,15H,6,9-10H2,1-2H3,(H2,22,31)(H2,23,32)(H2,27,28,29)/t15-/m1/s1. The molecule has 2 aromatic rings. The van der Waals surface area contributed by atoms with Crippen LogP contribution < -0.4 is 22.1 Å². The molecule has 2 aromatic heterocycles. The number of nitrogens with zero attached hydrogens (tertiary/aromatic N) is 5. The van der Waals surface area contributed by atoms with Crippen molar-refractivity contribution >= 4 is 35.0 Å². The second kappa shape index (κ2) is 9.90. The van der Waals surface area contributed by atoms with Gasteiger partial charge in [0.25, 0.3) is 17.9 Å². The highest BCUT2D eigenvalue weighted by molar-refractivity contribution is 5.96. The smallest absolute Gasteiger partial charge is 0.272 e. The van der Waals surface area contributed by atoms with Crippen molar-refractivity contribution in [2.45, 2.75) is 32.4 Å². The second-order valence-electron chi connectivity index (χ2n) is 8.10. The maximum atomic E-state index is 12.4. The largest absolute Gasteiger partial charge is 0.368 e.